The minimum absolute atomic E-state index is 0.194. The van der Waals surface area contributed by atoms with Crippen LogP contribution in [0.15, 0.2) is 6.20 Å². The number of carbonyl (C=O) groups is 2. The van der Waals surface area contributed by atoms with Gasteiger partial charge in [0.15, 0.2) is 0 Å². The Bertz CT molecular complexity index is 494. The van der Waals surface area contributed by atoms with Gasteiger partial charge in [-0.05, 0) is 25.7 Å². The Morgan fingerprint density at radius 3 is 2.62 bits per heavy atom. The van der Waals surface area contributed by atoms with Gasteiger partial charge in [0.1, 0.15) is 6.04 Å². The molecule has 0 bridgehead atoms. The van der Waals surface area contributed by atoms with E-state index >= 15 is 0 Å². The van der Waals surface area contributed by atoms with E-state index in [2.05, 4.69) is 17.3 Å². The Morgan fingerprint density at radius 1 is 1.43 bits per heavy atom. The molecule has 0 saturated heterocycles. The highest BCUT2D eigenvalue weighted by Gasteiger charge is 2.23. The topological polar surface area (TPSA) is 84.2 Å². The van der Waals surface area contributed by atoms with Gasteiger partial charge in [0, 0.05) is 12.2 Å². The maximum absolute atomic E-state index is 12.2. The monoisotopic (exact) mass is 295 g/mol. The second-order valence-electron chi connectivity index (χ2n) is 5.71. The normalized spacial score (nSPS) is 12.4. The number of unbranched alkanes of at least 4 members (excludes halogenated alkanes) is 1. The number of hydrogen-bond acceptors (Lipinski definition) is 3. The molecule has 0 saturated carbocycles. The van der Waals surface area contributed by atoms with E-state index in [9.17, 15) is 14.7 Å². The van der Waals surface area contributed by atoms with Crippen molar-refractivity contribution in [1.29, 1.82) is 0 Å². The third kappa shape index (κ3) is 4.88. The van der Waals surface area contributed by atoms with Gasteiger partial charge in [-0.1, -0.05) is 27.2 Å². The van der Waals surface area contributed by atoms with Crippen LogP contribution in [0.1, 0.15) is 56.1 Å². The number of carboxylic acids is 1. The molecule has 0 spiro atoms. The number of carboxylic acid groups (broad SMARTS) is 1. The van der Waals surface area contributed by atoms with Crippen molar-refractivity contribution in [3.05, 3.63) is 17.5 Å². The zero-order chi connectivity index (χ0) is 16.0. The van der Waals surface area contributed by atoms with E-state index in [4.69, 9.17) is 0 Å². The minimum atomic E-state index is -1.01. The van der Waals surface area contributed by atoms with Crippen LogP contribution in [0.5, 0.6) is 0 Å². The molecule has 6 heteroatoms. The lowest BCUT2D eigenvalue weighted by molar-refractivity contribution is -0.139. The summed E-state index contributed by atoms with van der Waals surface area (Å²) in [5, 5.41) is 16.0. The number of nitrogens with zero attached hydrogens (tertiary/aromatic N) is 2. The second-order valence-corrected chi connectivity index (χ2v) is 5.71. The Labute approximate surface area is 125 Å². The quantitative estimate of drug-likeness (QED) is 0.770. The maximum atomic E-state index is 12.2. The molecule has 1 atom stereocenters. The van der Waals surface area contributed by atoms with Crippen molar-refractivity contribution >= 4 is 11.9 Å². The molecule has 1 aromatic rings. The van der Waals surface area contributed by atoms with Gasteiger partial charge in [0.25, 0.3) is 5.91 Å². The predicted octanol–water partition coefficient (Wildman–Crippen LogP) is 2.22. The lowest BCUT2D eigenvalue weighted by Gasteiger charge is -2.16. The molecule has 0 aliphatic heterocycles. The largest absolute Gasteiger partial charge is 0.480 e. The highest BCUT2D eigenvalue weighted by molar-refractivity contribution is 5.97. The van der Waals surface area contributed by atoms with Gasteiger partial charge in [0.2, 0.25) is 0 Å². The third-order valence-corrected chi connectivity index (χ3v) is 3.38. The number of aromatic nitrogens is 2. The molecule has 1 aromatic heterocycles. The molecule has 1 heterocycles. The van der Waals surface area contributed by atoms with Gasteiger partial charge in [-0.15, -0.1) is 0 Å². The average molecular weight is 295 g/mol. The Balaban J connectivity index is 2.78. The van der Waals surface area contributed by atoms with Crippen molar-refractivity contribution < 1.29 is 14.7 Å². The van der Waals surface area contributed by atoms with Gasteiger partial charge in [-0.25, -0.2) is 4.79 Å². The summed E-state index contributed by atoms with van der Waals surface area (Å²) in [6.07, 6.45) is 3.96. The Morgan fingerprint density at radius 2 is 2.10 bits per heavy atom. The Kier molecular flexibility index (Phi) is 6.39. The van der Waals surface area contributed by atoms with Crippen LogP contribution >= 0.6 is 0 Å². The molecule has 118 valence electrons. The summed E-state index contributed by atoms with van der Waals surface area (Å²) in [7, 11) is 0. The van der Waals surface area contributed by atoms with Gasteiger partial charge in [-0.2, -0.15) is 5.10 Å². The van der Waals surface area contributed by atoms with E-state index in [1.165, 1.54) is 6.20 Å². The summed E-state index contributed by atoms with van der Waals surface area (Å²) in [5.74, 6) is -1.18. The highest BCUT2D eigenvalue weighted by atomic mass is 16.4. The van der Waals surface area contributed by atoms with Crippen LogP contribution in [0.2, 0.25) is 0 Å². The number of amides is 1. The first kappa shape index (κ1) is 17.2. The van der Waals surface area contributed by atoms with Gasteiger partial charge >= 0.3 is 5.97 Å². The fourth-order valence-corrected chi connectivity index (χ4v) is 2.13. The number of aryl methyl sites for hydroxylation is 1. The van der Waals surface area contributed by atoms with E-state index in [0.29, 0.717) is 12.0 Å². The molecule has 0 fully saturated rings. The number of carbonyl (C=O) groups excluding carboxylic acids is 1. The molecule has 21 heavy (non-hydrogen) atoms. The summed E-state index contributed by atoms with van der Waals surface area (Å²) in [6, 6.07) is -0.865. The molecule has 0 aliphatic rings. The maximum Gasteiger partial charge on any atom is 0.326 e. The molecular weight excluding hydrogens is 270 g/mol. The predicted molar refractivity (Wildman–Crippen MR) is 80.2 cm³/mol. The lowest BCUT2D eigenvalue weighted by Crippen LogP contribution is -2.41. The summed E-state index contributed by atoms with van der Waals surface area (Å²) < 4.78 is 1.79. The molecule has 1 rings (SSSR count). The zero-order valence-electron chi connectivity index (χ0n) is 13.2. The lowest BCUT2D eigenvalue weighted by atomic mass is 10.0. The van der Waals surface area contributed by atoms with Crippen LogP contribution in [0.4, 0.5) is 0 Å². The van der Waals surface area contributed by atoms with Crippen LogP contribution in [0, 0.1) is 12.8 Å². The fraction of sp³-hybridized carbons (Fsp3) is 0.667. The first-order valence-electron chi connectivity index (χ1n) is 7.42. The van der Waals surface area contributed by atoms with Crippen LogP contribution < -0.4 is 5.32 Å². The standard InChI is InChI=1S/C15H25N3O3/c1-5-6-7-18-11(4)12(9-16-18)14(19)17-13(15(20)21)8-10(2)3/h9-10,13H,5-8H2,1-4H3,(H,17,19)(H,20,21)/t13-/m0/s1. The van der Waals surface area contributed by atoms with Crippen molar-refractivity contribution in [2.75, 3.05) is 0 Å². The molecular formula is C15H25N3O3. The van der Waals surface area contributed by atoms with Crippen LogP contribution in [0.25, 0.3) is 0 Å². The zero-order valence-corrected chi connectivity index (χ0v) is 13.2. The first-order valence-corrected chi connectivity index (χ1v) is 7.42. The molecule has 2 N–H and O–H groups in total. The van der Waals surface area contributed by atoms with Gasteiger partial charge in [0.05, 0.1) is 11.8 Å². The molecule has 0 aromatic carbocycles. The van der Waals surface area contributed by atoms with Crippen molar-refractivity contribution in [2.24, 2.45) is 5.92 Å². The van der Waals surface area contributed by atoms with E-state index in [1.807, 2.05) is 20.8 Å². The van der Waals surface area contributed by atoms with Crippen molar-refractivity contribution in [3.8, 4) is 0 Å². The number of nitrogens with one attached hydrogen (secondary N) is 1. The summed E-state index contributed by atoms with van der Waals surface area (Å²) in [4.78, 5) is 23.4. The van der Waals surface area contributed by atoms with E-state index in [1.54, 1.807) is 4.68 Å². The van der Waals surface area contributed by atoms with Gasteiger partial charge in [-0.3, -0.25) is 9.48 Å². The molecule has 0 unspecified atom stereocenters. The third-order valence-electron chi connectivity index (χ3n) is 3.38. The summed E-state index contributed by atoms with van der Waals surface area (Å²) >= 11 is 0. The highest BCUT2D eigenvalue weighted by Crippen LogP contribution is 2.11. The smallest absolute Gasteiger partial charge is 0.326 e. The molecule has 0 aliphatic carbocycles. The van der Waals surface area contributed by atoms with Crippen molar-refractivity contribution in [2.45, 2.75) is 59.5 Å². The minimum Gasteiger partial charge on any atom is -0.480 e. The van der Waals surface area contributed by atoms with E-state index in [-0.39, 0.29) is 11.8 Å². The van der Waals surface area contributed by atoms with Crippen molar-refractivity contribution in [1.82, 2.24) is 15.1 Å². The van der Waals surface area contributed by atoms with Gasteiger partial charge < -0.3 is 10.4 Å². The van der Waals surface area contributed by atoms with Crippen LogP contribution in [-0.4, -0.2) is 32.8 Å². The van der Waals surface area contributed by atoms with Crippen LogP contribution in [0.3, 0.4) is 0 Å². The molecule has 0 radical (unpaired) electrons. The summed E-state index contributed by atoms with van der Waals surface area (Å²) in [6.45, 7) is 8.54. The van der Waals surface area contributed by atoms with E-state index in [0.717, 1.165) is 25.1 Å². The summed E-state index contributed by atoms with van der Waals surface area (Å²) in [5.41, 5.74) is 1.22. The van der Waals surface area contributed by atoms with Crippen LogP contribution in [-0.2, 0) is 11.3 Å². The fourth-order valence-electron chi connectivity index (χ4n) is 2.13. The number of hydrogen-bond donors (Lipinski definition) is 2. The van der Waals surface area contributed by atoms with E-state index < -0.39 is 12.0 Å². The SMILES string of the molecule is CCCCn1ncc(C(=O)N[C@@H](CC(C)C)C(=O)O)c1C. The van der Waals surface area contributed by atoms with Crippen molar-refractivity contribution in [3.63, 3.8) is 0 Å². The second kappa shape index (κ2) is 7.81. The number of aliphatic carboxylic acids is 1. The average Bonchev–Trinajstić information content (AvgIpc) is 2.76. The molecule has 6 nitrogen and oxygen atoms in total. The Hall–Kier alpha value is -1.85. The number of rotatable bonds is 8. The molecule has 1 amide bonds. The first-order chi connectivity index (χ1) is 9.86.